The van der Waals surface area contributed by atoms with E-state index in [4.69, 9.17) is 14.2 Å². The fourth-order valence-corrected chi connectivity index (χ4v) is 1.35. The predicted octanol–water partition coefficient (Wildman–Crippen LogP) is 2.58. The van der Waals surface area contributed by atoms with Crippen molar-refractivity contribution in [3.63, 3.8) is 0 Å². The molecule has 0 aromatic heterocycles. The largest absolute Gasteiger partial charge is 0.372 e. The zero-order valence-electron chi connectivity index (χ0n) is 8.90. The molecule has 0 radical (unpaired) electrons. The average Bonchev–Trinajstić information content (AvgIpc) is 2.27. The van der Waals surface area contributed by atoms with Gasteiger partial charge in [0.15, 0.2) is 6.29 Å². The van der Waals surface area contributed by atoms with Crippen molar-refractivity contribution in [2.45, 2.75) is 12.9 Å². The van der Waals surface area contributed by atoms with Gasteiger partial charge in [-0.2, -0.15) is 0 Å². The molecule has 0 N–H and O–H groups in total. The number of hydrogen-bond donors (Lipinski definition) is 0. The number of hydrogen-bond acceptors (Lipinski definition) is 3. The minimum absolute atomic E-state index is 0.291. The fraction of sp³-hybridized carbons (Fsp3) is 0.455. The maximum atomic E-state index is 5.44. The van der Waals surface area contributed by atoms with Gasteiger partial charge in [-0.1, -0.05) is 28.1 Å². The topological polar surface area (TPSA) is 27.7 Å². The van der Waals surface area contributed by atoms with Crippen LogP contribution >= 0.6 is 15.9 Å². The molecule has 0 aliphatic heterocycles. The highest BCUT2D eigenvalue weighted by Gasteiger charge is 2.04. The SMILES string of the molecule is COC(COCc1ccc(Br)cc1)OC. The molecule has 4 heteroatoms. The van der Waals surface area contributed by atoms with Crippen molar-refractivity contribution < 1.29 is 14.2 Å². The normalized spacial score (nSPS) is 10.9. The summed E-state index contributed by atoms with van der Waals surface area (Å²) in [5.74, 6) is 0. The van der Waals surface area contributed by atoms with Gasteiger partial charge in [-0.3, -0.25) is 0 Å². The Balaban J connectivity index is 2.28. The summed E-state index contributed by atoms with van der Waals surface area (Å²) < 4.78 is 16.5. The Morgan fingerprint density at radius 2 is 1.73 bits per heavy atom. The Labute approximate surface area is 98.5 Å². The Bertz CT molecular complexity index is 270. The lowest BCUT2D eigenvalue weighted by atomic mass is 10.2. The first-order valence-electron chi connectivity index (χ1n) is 4.64. The lowest BCUT2D eigenvalue weighted by Crippen LogP contribution is -2.19. The second-order valence-corrected chi connectivity index (χ2v) is 3.96. The molecule has 0 saturated carbocycles. The molecule has 84 valence electrons. The van der Waals surface area contributed by atoms with E-state index < -0.39 is 0 Å². The Hall–Kier alpha value is -0.420. The number of halogens is 1. The highest BCUT2D eigenvalue weighted by Crippen LogP contribution is 2.11. The number of benzene rings is 1. The van der Waals surface area contributed by atoms with Crippen LogP contribution in [0.1, 0.15) is 5.56 Å². The summed E-state index contributed by atoms with van der Waals surface area (Å²) in [4.78, 5) is 0. The highest BCUT2D eigenvalue weighted by molar-refractivity contribution is 9.10. The molecular weight excluding hydrogens is 260 g/mol. The summed E-state index contributed by atoms with van der Waals surface area (Å²) in [7, 11) is 3.19. The van der Waals surface area contributed by atoms with Gasteiger partial charge in [0.2, 0.25) is 0 Å². The van der Waals surface area contributed by atoms with E-state index in [1.54, 1.807) is 14.2 Å². The molecule has 0 bridgehead atoms. The third-order valence-electron chi connectivity index (χ3n) is 1.96. The van der Waals surface area contributed by atoms with Gasteiger partial charge in [0.05, 0.1) is 13.2 Å². The van der Waals surface area contributed by atoms with Gasteiger partial charge in [-0.15, -0.1) is 0 Å². The molecule has 0 heterocycles. The van der Waals surface area contributed by atoms with Crippen molar-refractivity contribution in [2.24, 2.45) is 0 Å². The maximum absolute atomic E-state index is 5.44. The summed E-state index contributed by atoms with van der Waals surface area (Å²) >= 11 is 3.38. The van der Waals surface area contributed by atoms with Crippen molar-refractivity contribution in [3.05, 3.63) is 34.3 Å². The smallest absolute Gasteiger partial charge is 0.180 e. The molecule has 0 aliphatic rings. The first-order valence-corrected chi connectivity index (χ1v) is 5.43. The van der Waals surface area contributed by atoms with E-state index >= 15 is 0 Å². The molecule has 0 spiro atoms. The molecule has 0 aliphatic carbocycles. The van der Waals surface area contributed by atoms with Gasteiger partial charge in [-0.05, 0) is 17.7 Å². The molecule has 1 rings (SSSR count). The van der Waals surface area contributed by atoms with Crippen LogP contribution in [0, 0.1) is 0 Å². The predicted molar refractivity (Wildman–Crippen MR) is 61.6 cm³/mol. The fourth-order valence-electron chi connectivity index (χ4n) is 1.09. The summed E-state index contributed by atoms with van der Waals surface area (Å²) in [5.41, 5.74) is 1.13. The third kappa shape index (κ3) is 4.75. The van der Waals surface area contributed by atoms with Crippen LogP contribution in [0.3, 0.4) is 0 Å². The van der Waals surface area contributed by atoms with Crippen molar-refractivity contribution >= 4 is 15.9 Å². The Kier molecular flexibility index (Phi) is 5.86. The monoisotopic (exact) mass is 274 g/mol. The van der Waals surface area contributed by atoms with Crippen molar-refractivity contribution in [1.29, 1.82) is 0 Å². The van der Waals surface area contributed by atoms with Gasteiger partial charge >= 0.3 is 0 Å². The molecule has 3 nitrogen and oxygen atoms in total. The van der Waals surface area contributed by atoms with Gasteiger partial charge in [0.1, 0.15) is 0 Å². The van der Waals surface area contributed by atoms with Crippen molar-refractivity contribution in [1.82, 2.24) is 0 Å². The molecule has 15 heavy (non-hydrogen) atoms. The van der Waals surface area contributed by atoms with E-state index in [9.17, 15) is 0 Å². The zero-order valence-corrected chi connectivity index (χ0v) is 10.5. The van der Waals surface area contributed by atoms with Gasteiger partial charge in [-0.25, -0.2) is 0 Å². The van der Waals surface area contributed by atoms with Gasteiger partial charge < -0.3 is 14.2 Å². The molecule has 0 unspecified atom stereocenters. The number of rotatable bonds is 6. The second kappa shape index (κ2) is 6.95. The minimum Gasteiger partial charge on any atom is -0.372 e. The van der Waals surface area contributed by atoms with Crippen molar-refractivity contribution in [2.75, 3.05) is 20.8 Å². The van der Waals surface area contributed by atoms with Crippen LogP contribution in [0.5, 0.6) is 0 Å². The minimum atomic E-state index is -0.291. The maximum Gasteiger partial charge on any atom is 0.180 e. The second-order valence-electron chi connectivity index (χ2n) is 3.04. The summed E-state index contributed by atoms with van der Waals surface area (Å²) in [6, 6.07) is 8.00. The molecule has 0 amide bonds. The summed E-state index contributed by atoms with van der Waals surface area (Å²) in [5, 5.41) is 0. The molecule has 0 atom stereocenters. The lowest BCUT2D eigenvalue weighted by Gasteiger charge is -2.13. The van der Waals surface area contributed by atoms with Gasteiger partial charge in [0, 0.05) is 18.7 Å². The van der Waals surface area contributed by atoms with Crippen LogP contribution < -0.4 is 0 Å². The number of methoxy groups -OCH3 is 2. The van der Waals surface area contributed by atoms with Gasteiger partial charge in [0.25, 0.3) is 0 Å². The van der Waals surface area contributed by atoms with Crippen LogP contribution in [0.25, 0.3) is 0 Å². The van der Waals surface area contributed by atoms with E-state index in [0.717, 1.165) is 10.0 Å². The number of ether oxygens (including phenoxy) is 3. The van der Waals surface area contributed by atoms with Crippen molar-refractivity contribution in [3.8, 4) is 0 Å². The molecule has 1 aromatic rings. The average molecular weight is 275 g/mol. The molecule has 0 saturated heterocycles. The molecular formula is C11H15BrO3. The van der Waals surface area contributed by atoms with E-state index in [0.29, 0.717) is 13.2 Å². The summed E-state index contributed by atoms with van der Waals surface area (Å²) in [6.45, 7) is 1.000. The lowest BCUT2D eigenvalue weighted by molar-refractivity contribution is -0.142. The first-order chi connectivity index (χ1) is 7.26. The zero-order chi connectivity index (χ0) is 11.1. The first kappa shape index (κ1) is 12.6. The standard InChI is InChI=1S/C11H15BrO3/c1-13-11(14-2)8-15-7-9-3-5-10(12)6-4-9/h3-6,11H,7-8H2,1-2H3. The quantitative estimate of drug-likeness (QED) is 0.747. The Morgan fingerprint density at radius 1 is 1.13 bits per heavy atom. The molecule has 1 aromatic carbocycles. The Morgan fingerprint density at radius 3 is 2.27 bits per heavy atom. The molecule has 0 fully saturated rings. The van der Waals surface area contributed by atoms with E-state index in [-0.39, 0.29) is 6.29 Å². The van der Waals surface area contributed by atoms with E-state index in [2.05, 4.69) is 15.9 Å². The summed E-state index contributed by atoms with van der Waals surface area (Å²) in [6.07, 6.45) is -0.291. The van der Waals surface area contributed by atoms with Crippen LogP contribution in [-0.2, 0) is 20.8 Å². The van der Waals surface area contributed by atoms with E-state index in [1.807, 2.05) is 24.3 Å². The third-order valence-corrected chi connectivity index (χ3v) is 2.49. The van der Waals surface area contributed by atoms with Crippen LogP contribution in [0.2, 0.25) is 0 Å². The van der Waals surface area contributed by atoms with Crippen LogP contribution in [0.15, 0.2) is 28.7 Å². The van der Waals surface area contributed by atoms with Crippen LogP contribution in [-0.4, -0.2) is 27.1 Å². The van der Waals surface area contributed by atoms with E-state index in [1.165, 1.54) is 0 Å². The highest BCUT2D eigenvalue weighted by atomic mass is 79.9. The van der Waals surface area contributed by atoms with Crippen LogP contribution in [0.4, 0.5) is 0 Å².